The normalized spacial score (nSPS) is 18.6. The number of carbonyl (C=O) groups excluding carboxylic acids is 2. The Balaban J connectivity index is 1.74. The van der Waals surface area contributed by atoms with E-state index < -0.39 is 0 Å². The number of aromatic nitrogens is 2. The van der Waals surface area contributed by atoms with Crippen molar-refractivity contribution in [1.29, 1.82) is 0 Å². The highest BCUT2D eigenvalue weighted by molar-refractivity contribution is 8.00. The Kier molecular flexibility index (Phi) is 8.08. The summed E-state index contributed by atoms with van der Waals surface area (Å²) >= 11 is 8.05. The second kappa shape index (κ2) is 11.2. The van der Waals surface area contributed by atoms with Crippen molar-refractivity contribution < 1.29 is 9.59 Å². The maximum Gasteiger partial charge on any atom is 0.242 e. The van der Waals surface area contributed by atoms with Crippen LogP contribution in [-0.4, -0.2) is 51.9 Å². The van der Waals surface area contributed by atoms with Gasteiger partial charge >= 0.3 is 0 Å². The third-order valence-electron chi connectivity index (χ3n) is 8.18. The Labute approximate surface area is 247 Å². The average molecular weight is 579 g/mol. The predicted octanol–water partition coefficient (Wildman–Crippen LogP) is 6.87. The first-order chi connectivity index (χ1) is 19.0. The van der Waals surface area contributed by atoms with Crippen LogP contribution in [0, 0.1) is 19.8 Å². The standard InChI is InChI=1S/C32H39ClN4O2S/c1-20-13-15-35(16-14-20)26(38)18-36-27(39)19-40-29(23-10-8-11-24(33)17-23)28-30(32(4,5)6)34-37(31(28)36)25-12-7-9-21(2)22(25)3/h7-12,17,20,29H,13-16,18-19H2,1-6H3. The highest BCUT2D eigenvalue weighted by atomic mass is 35.5. The van der Waals surface area contributed by atoms with Crippen LogP contribution in [0.25, 0.3) is 5.69 Å². The third-order valence-corrected chi connectivity index (χ3v) is 9.67. The van der Waals surface area contributed by atoms with Gasteiger partial charge in [-0.05, 0) is 67.5 Å². The molecule has 1 aromatic heterocycles. The van der Waals surface area contributed by atoms with E-state index in [9.17, 15) is 9.59 Å². The van der Waals surface area contributed by atoms with E-state index in [1.807, 2.05) is 39.9 Å². The molecule has 2 amide bonds. The molecule has 40 heavy (non-hydrogen) atoms. The fourth-order valence-electron chi connectivity index (χ4n) is 5.63. The zero-order valence-electron chi connectivity index (χ0n) is 24.3. The van der Waals surface area contributed by atoms with Gasteiger partial charge < -0.3 is 4.90 Å². The Morgan fingerprint density at radius 3 is 2.48 bits per heavy atom. The largest absolute Gasteiger partial charge is 0.341 e. The van der Waals surface area contributed by atoms with Crippen LogP contribution in [0.2, 0.25) is 5.02 Å². The van der Waals surface area contributed by atoms with Crippen LogP contribution in [0.3, 0.4) is 0 Å². The third kappa shape index (κ3) is 5.55. The Morgan fingerprint density at radius 2 is 1.80 bits per heavy atom. The zero-order valence-corrected chi connectivity index (χ0v) is 25.9. The molecule has 5 rings (SSSR count). The number of rotatable bonds is 4. The summed E-state index contributed by atoms with van der Waals surface area (Å²) in [7, 11) is 0. The molecule has 3 heterocycles. The zero-order chi connectivity index (χ0) is 28.8. The maximum absolute atomic E-state index is 14.0. The molecule has 6 nitrogen and oxygen atoms in total. The molecule has 0 N–H and O–H groups in total. The summed E-state index contributed by atoms with van der Waals surface area (Å²) in [5, 5.41) is 5.73. The van der Waals surface area contributed by atoms with Crippen molar-refractivity contribution in [3.8, 4) is 5.69 Å². The second-order valence-corrected chi connectivity index (χ2v) is 13.8. The number of hydrogen-bond donors (Lipinski definition) is 0. The summed E-state index contributed by atoms with van der Waals surface area (Å²) in [5.74, 6) is 1.47. The SMILES string of the molecule is Cc1cccc(-n2nc(C(C)(C)C)c3c2N(CC(=O)N2CCC(C)CC2)C(=O)CSC3c2cccc(Cl)c2)c1C. The van der Waals surface area contributed by atoms with Crippen LogP contribution < -0.4 is 4.90 Å². The molecule has 212 valence electrons. The van der Waals surface area contributed by atoms with Gasteiger partial charge in [-0.3, -0.25) is 14.5 Å². The van der Waals surface area contributed by atoms with Crippen LogP contribution in [0.4, 0.5) is 5.82 Å². The van der Waals surface area contributed by atoms with E-state index in [0.29, 0.717) is 16.8 Å². The molecule has 0 saturated carbocycles. The molecular formula is C32H39ClN4O2S. The number of nitrogens with zero attached hydrogens (tertiary/aromatic N) is 4. The smallest absolute Gasteiger partial charge is 0.242 e. The fourth-order valence-corrected chi connectivity index (χ4v) is 7.02. The number of hydrogen-bond acceptors (Lipinski definition) is 4. The molecule has 2 aliphatic heterocycles. The van der Waals surface area contributed by atoms with Gasteiger partial charge in [0.25, 0.3) is 0 Å². The minimum atomic E-state index is -0.309. The predicted molar refractivity (Wildman–Crippen MR) is 165 cm³/mol. The number of thioether (sulfide) groups is 1. The number of amides is 2. The van der Waals surface area contributed by atoms with E-state index in [2.05, 4.69) is 53.7 Å². The Bertz CT molecular complexity index is 1440. The number of piperidine rings is 1. The highest BCUT2D eigenvalue weighted by Crippen LogP contribution is 2.49. The molecule has 1 saturated heterocycles. The summed E-state index contributed by atoms with van der Waals surface area (Å²) in [6, 6.07) is 14.0. The topological polar surface area (TPSA) is 58.4 Å². The number of likely N-dealkylation sites (tertiary alicyclic amines) is 1. The number of benzene rings is 2. The monoisotopic (exact) mass is 578 g/mol. The molecule has 0 aliphatic carbocycles. The van der Waals surface area contributed by atoms with Gasteiger partial charge in [0.1, 0.15) is 12.4 Å². The number of halogens is 1. The van der Waals surface area contributed by atoms with E-state index in [4.69, 9.17) is 16.7 Å². The minimum absolute atomic E-state index is 0.00315. The lowest BCUT2D eigenvalue weighted by Crippen LogP contribution is -2.46. The van der Waals surface area contributed by atoms with Crippen molar-refractivity contribution in [2.75, 3.05) is 30.3 Å². The first kappa shape index (κ1) is 28.7. The van der Waals surface area contributed by atoms with Gasteiger partial charge in [0, 0.05) is 29.1 Å². The van der Waals surface area contributed by atoms with Crippen molar-refractivity contribution in [1.82, 2.24) is 14.7 Å². The van der Waals surface area contributed by atoms with Gasteiger partial charge in [-0.2, -0.15) is 5.10 Å². The van der Waals surface area contributed by atoms with E-state index in [0.717, 1.165) is 59.6 Å². The lowest BCUT2D eigenvalue weighted by atomic mass is 9.87. The van der Waals surface area contributed by atoms with Gasteiger partial charge in [-0.1, -0.05) is 63.6 Å². The van der Waals surface area contributed by atoms with Gasteiger partial charge in [-0.25, -0.2) is 4.68 Å². The van der Waals surface area contributed by atoms with Crippen molar-refractivity contribution >= 4 is 41.0 Å². The van der Waals surface area contributed by atoms with E-state index in [1.165, 1.54) is 0 Å². The van der Waals surface area contributed by atoms with Crippen molar-refractivity contribution in [2.45, 2.75) is 65.0 Å². The van der Waals surface area contributed by atoms with Crippen LogP contribution >= 0.6 is 23.4 Å². The summed E-state index contributed by atoms with van der Waals surface area (Å²) in [4.78, 5) is 31.3. The molecule has 8 heteroatoms. The first-order valence-electron chi connectivity index (χ1n) is 14.1. The molecule has 0 radical (unpaired) electrons. The van der Waals surface area contributed by atoms with E-state index in [1.54, 1.807) is 16.7 Å². The molecule has 1 fully saturated rings. The Morgan fingerprint density at radius 1 is 1.10 bits per heavy atom. The summed E-state index contributed by atoms with van der Waals surface area (Å²) in [5.41, 5.74) is 5.76. The van der Waals surface area contributed by atoms with Crippen molar-refractivity contribution in [2.24, 2.45) is 5.92 Å². The number of fused-ring (bicyclic) bond motifs is 1. The van der Waals surface area contributed by atoms with Crippen LogP contribution in [0.15, 0.2) is 42.5 Å². The molecule has 2 aliphatic rings. The number of anilines is 1. The lowest BCUT2D eigenvalue weighted by molar-refractivity contribution is -0.132. The minimum Gasteiger partial charge on any atom is -0.341 e. The van der Waals surface area contributed by atoms with Gasteiger partial charge in [0.2, 0.25) is 11.8 Å². The van der Waals surface area contributed by atoms with E-state index in [-0.39, 0.29) is 34.8 Å². The van der Waals surface area contributed by atoms with Crippen LogP contribution in [-0.2, 0) is 15.0 Å². The molecule has 1 atom stereocenters. The maximum atomic E-state index is 14.0. The van der Waals surface area contributed by atoms with Crippen LogP contribution in [0.5, 0.6) is 0 Å². The number of aryl methyl sites for hydroxylation is 1. The summed E-state index contributed by atoms with van der Waals surface area (Å²) in [6.45, 7) is 14.3. The molecule has 2 aromatic carbocycles. The van der Waals surface area contributed by atoms with Crippen LogP contribution in [0.1, 0.15) is 73.7 Å². The fraction of sp³-hybridized carbons (Fsp3) is 0.469. The van der Waals surface area contributed by atoms with Gasteiger partial charge in [0.15, 0.2) is 0 Å². The highest BCUT2D eigenvalue weighted by Gasteiger charge is 2.40. The lowest BCUT2D eigenvalue weighted by Gasteiger charge is -2.32. The first-order valence-corrected chi connectivity index (χ1v) is 15.5. The quantitative estimate of drug-likeness (QED) is 0.339. The van der Waals surface area contributed by atoms with Gasteiger partial charge in [-0.15, -0.1) is 11.8 Å². The number of carbonyl (C=O) groups is 2. The van der Waals surface area contributed by atoms with Crippen molar-refractivity contribution in [3.63, 3.8) is 0 Å². The summed E-state index contributed by atoms with van der Waals surface area (Å²) < 4.78 is 1.92. The average Bonchev–Trinajstić information content (AvgIpc) is 3.23. The van der Waals surface area contributed by atoms with Gasteiger partial charge in [0.05, 0.1) is 22.4 Å². The molecule has 0 bridgehead atoms. The summed E-state index contributed by atoms with van der Waals surface area (Å²) in [6.07, 6.45) is 1.98. The molecule has 0 spiro atoms. The van der Waals surface area contributed by atoms with E-state index >= 15 is 0 Å². The second-order valence-electron chi connectivity index (χ2n) is 12.3. The molecule has 3 aromatic rings. The molecule has 1 unspecified atom stereocenters. The van der Waals surface area contributed by atoms with Crippen molar-refractivity contribution in [3.05, 3.63) is 75.4 Å². The molecular weight excluding hydrogens is 540 g/mol. The Hall–Kier alpha value is -2.77.